The van der Waals surface area contributed by atoms with Crippen molar-refractivity contribution in [3.63, 3.8) is 0 Å². The number of ether oxygens (including phenoxy) is 1. The lowest BCUT2D eigenvalue weighted by atomic mass is 10.3. The molecular weight excluding hydrogens is 147 g/mol. The lowest BCUT2D eigenvalue weighted by Crippen LogP contribution is -2.07. The van der Waals surface area contributed by atoms with Crippen molar-refractivity contribution in [3.05, 3.63) is 30.1 Å². The fourth-order valence-electron chi connectivity index (χ4n) is 0.705. The fraction of sp³-hybridized carbons (Fsp3) is 0.250. The highest BCUT2D eigenvalue weighted by atomic mass is 19.1. The van der Waals surface area contributed by atoms with E-state index in [9.17, 15) is 9.50 Å². The van der Waals surface area contributed by atoms with Crippen LogP contribution in [0.1, 0.15) is 6.92 Å². The summed E-state index contributed by atoms with van der Waals surface area (Å²) in [5.41, 5.74) is 0. The molecule has 1 aromatic carbocycles. The normalized spacial score (nSPS) is 12.6. The van der Waals surface area contributed by atoms with E-state index in [2.05, 4.69) is 0 Å². The molecule has 0 amide bonds. The molecule has 0 aliphatic heterocycles. The van der Waals surface area contributed by atoms with Crippen molar-refractivity contribution < 1.29 is 14.2 Å². The largest absolute Gasteiger partial charge is 0.462 e. The molecule has 2 nitrogen and oxygen atoms in total. The molecule has 1 aromatic rings. The number of hydrogen-bond acceptors (Lipinski definition) is 1. The van der Waals surface area contributed by atoms with E-state index in [0.717, 1.165) is 0 Å². The minimum Gasteiger partial charge on any atom is -0.462 e. The molecule has 1 unspecified atom stereocenters. The summed E-state index contributed by atoms with van der Waals surface area (Å²) in [6.45, 7) is 1.38. The lowest BCUT2D eigenvalue weighted by Gasteiger charge is -2.05. The van der Waals surface area contributed by atoms with Gasteiger partial charge in [0.1, 0.15) is 11.6 Å². The summed E-state index contributed by atoms with van der Waals surface area (Å²) in [6, 6.07) is 5.34. The van der Waals surface area contributed by atoms with E-state index in [1.165, 1.54) is 31.2 Å². The first kappa shape index (κ1) is 8.01. The summed E-state index contributed by atoms with van der Waals surface area (Å²) >= 11 is 0. The summed E-state index contributed by atoms with van der Waals surface area (Å²) < 4.78 is 17.0. The zero-order valence-corrected chi connectivity index (χ0v) is 6.08. The molecule has 0 N–H and O–H groups in total. The molecule has 0 fully saturated rings. The van der Waals surface area contributed by atoms with Crippen molar-refractivity contribution in [2.45, 2.75) is 13.2 Å². The molecule has 0 aliphatic carbocycles. The first-order valence-electron chi connectivity index (χ1n) is 3.26. The molecule has 1 rings (SSSR count). The Morgan fingerprint density at radius 1 is 1.36 bits per heavy atom. The van der Waals surface area contributed by atoms with Crippen molar-refractivity contribution in [3.8, 4) is 5.75 Å². The molecule has 0 saturated heterocycles. The van der Waals surface area contributed by atoms with E-state index in [0.29, 0.717) is 5.75 Å². The van der Waals surface area contributed by atoms with Gasteiger partial charge in [0.25, 0.3) is 0 Å². The Labute approximate surface area is 64.2 Å². The van der Waals surface area contributed by atoms with Crippen LogP contribution in [0.25, 0.3) is 0 Å². The van der Waals surface area contributed by atoms with Gasteiger partial charge in [0, 0.05) is 6.92 Å². The molecule has 11 heavy (non-hydrogen) atoms. The minimum absolute atomic E-state index is 0.337. The maximum absolute atomic E-state index is 12.3. The lowest BCUT2D eigenvalue weighted by molar-refractivity contribution is -0.0553. The van der Waals surface area contributed by atoms with Crippen molar-refractivity contribution in [2.75, 3.05) is 0 Å². The third-order valence-corrected chi connectivity index (χ3v) is 1.12. The highest BCUT2D eigenvalue weighted by Crippen LogP contribution is 2.11. The molecule has 0 heterocycles. The van der Waals surface area contributed by atoms with Gasteiger partial charge in [-0.2, -0.15) is 5.11 Å². The van der Waals surface area contributed by atoms with E-state index in [-0.39, 0.29) is 5.82 Å². The van der Waals surface area contributed by atoms with Crippen LogP contribution in [-0.2, 0) is 5.11 Å². The Bertz CT molecular complexity index is 218. The van der Waals surface area contributed by atoms with Gasteiger partial charge >= 0.3 is 0 Å². The van der Waals surface area contributed by atoms with Crippen molar-refractivity contribution in [2.24, 2.45) is 0 Å². The van der Waals surface area contributed by atoms with Crippen LogP contribution in [0.2, 0.25) is 0 Å². The molecule has 0 aromatic heterocycles. The van der Waals surface area contributed by atoms with Crippen LogP contribution in [-0.4, -0.2) is 6.29 Å². The Hall–Kier alpha value is -1.09. The van der Waals surface area contributed by atoms with Crippen LogP contribution >= 0.6 is 0 Å². The Morgan fingerprint density at radius 2 is 1.91 bits per heavy atom. The van der Waals surface area contributed by atoms with Gasteiger partial charge in [0.05, 0.1) is 0 Å². The smallest absolute Gasteiger partial charge is 0.228 e. The zero-order chi connectivity index (χ0) is 8.27. The highest BCUT2D eigenvalue weighted by molar-refractivity contribution is 5.21. The SMILES string of the molecule is CC([O])Oc1ccc(F)cc1. The topological polar surface area (TPSA) is 29.1 Å². The number of halogens is 1. The van der Waals surface area contributed by atoms with Gasteiger partial charge in [-0.1, -0.05) is 0 Å². The number of rotatable bonds is 2. The average Bonchev–Trinajstić information content (AvgIpc) is 1.93. The standard InChI is InChI=1S/C8H8FO2/c1-6(10)11-8-4-2-7(9)3-5-8/h2-6H,1H3. The summed E-state index contributed by atoms with van der Waals surface area (Å²) in [7, 11) is 0. The number of benzene rings is 1. The first-order valence-corrected chi connectivity index (χ1v) is 3.26. The second-order valence-corrected chi connectivity index (χ2v) is 2.14. The van der Waals surface area contributed by atoms with Crippen LogP contribution < -0.4 is 4.74 Å². The Balaban J connectivity index is 2.66. The third kappa shape index (κ3) is 2.55. The van der Waals surface area contributed by atoms with Crippen molar-refractivity contribution in [1.82, 2.24) is 0 Å². The second kappa shape index (κ2) is 3.34. The van der Waals surface area contributed by atoms with Crippen LogP contribution in [0.4, 0.5) is 4.39 Å². The summed E-state index contributed by atoms with van der Waals surface area (Å²) in [5.74, 6) is 0.0600. The molecule has 59 valence electrons. The maximum atomic E-state index is 12.3. The Morgan fingerprint density at radius 3 is 2.36 bits per heavy atom. The summed E-state index contributed by atoms with van der Waals surface area (Å²) in [4.78, 5) is 0. The van der Waals surface area contributed by atoms with E-state index in [4.69, 9.17) is 4.74 Å². The van der Waals surface area contributed by atoms with Crippen LogP contribution in [0.3, 0.4) is 0 Å². The molecule has 1 radical (unpaired) electrons. The van der Waals surface area contributed by atoms with E-state index >= 15 is 0 Å². The molecule has 0 bridgehead atoms. The van der Waals surface area contributed by atoms with Gasteiger partial charge in [-0.25, -0.2) is 4.39 Å². The van der Waals surface area contributed by atoms with E-state index < -0.39 is 6.29 Å². The third-order valence-electron chi connectivity index (χ3n) is 1.12. The average molecular weight is 155 g/mol. The molecule has 1 atom stereocenters. The van der Waals surface area contributed by atoms with Gasteiger partial charge in [-0.15, -0.1) is 0 Å². The fourth-order valence-corrected chi connectivity index (χ4v) is 0.705. The van der Waals surface area contributed by atoms with Gasteiger partial charge in [0.2, 0.25) is 6.29 Å². The summed E-state index contributed by atoms with van der Waals surface area (Å²) in [6.07, 6.45) is -1.11. The van der Waals surface area contributed by atoms with Gasteiger partial charge in [-0.3, -0.25) is 0 Å². The minimum atomic E-state index is -1.11. The second-order valence-electron chi connectivity index (χ2n) is 2.14. The van der Waals surface area contributed by atoms with Crippen LogP contribution in [0, 0.1) is 5.82 Å². The van der Waals surface area contributed by atoms with Crippen LogP contribution in [0.5, 0.6) is 5.75 Å². The van der Waals surface area contributed by atoms with Crippen molar-refractivity contribution in [1.29, 1.82) is 0 Å². The quantitative estimate of drug-likeness (QED) is 0.600. The van der Waals surface area contributed by atoms with Crippen molar-refractivity contribution >= 4 is 0 Å². The molecule has 0 spiro atoms. The molecule has 3 heteroatoms. The van der Waals surface area contributed by atoms with Crippen LogP contribution in [0.15, 0.2) is 24.3 Å². The zero-order valence-electron chi connectivity index (χ0n) is 6.08. The molecular formula is C8H8FO2. The predicted molar refractivity (Wildman–Crippen MR) is 37.2 cm³/mol. The number of hydrogen-bond donors (Lipinski definition) is 0. The predicted octanol–water partition coefficient (Wildman–Crippen LogP) is 1.98. The van der Waals surface area contributed by atoms with E-state index in [1.807, 2.05) is 0 Å². The van der Waals surface area contributed by atoms with E-state index in [1.54, 1.807) is 0 Å². The monoisotopic (exact) mass is 155 g/mol. The van der Waals surface area contributed by atoms with Gasteiger partial charge in [0.15, 0.2) is 0 Å². The van der Waals surface area contributed by atoms with Gasteiger partial charge < -0.3 is 4.74 Å². The first-order chi connectivity index (χ1) is 5.18. The highest BCUT2D eigenvalue weighted by Gasteiger charge is 1.98. The summed E-state index contributed by atoms with van der Waals surface area (Å²) in [5, 5.41) is 10.5. The Kier molecular flexibility index (Phi) is 2.44. The maximum Gasteiger partial charge on any atom is 0.228 e. The molecule has 0 aliphatic rings. The molecule has 0 saturated carbocycles. The van der Waals surface area contributed by atoms with Gasteiger partial charge in [-0.05, 0) is 24.3 Å².